The fourth-order valence-corrected chi connectivity index (χ4v) is 3.13. The topological polar surface area (TPSA) is 67.9 Å². The molecule has 6 nitrogen and oxygen atoms in total. The number of benzene rings is 1. The molecule has 7 heteroatoms. The lowest BCUT2D eigenvalue weighted by molar-refractivity contribution is -0.144. The van der Waals surface area contributed by atoms with Crippen LogP contribution >= 0.6 is 15.9 Å². The molecule has 1 amide bonds. The van der Waals surface area contributed by atoms with Gasteiger partial charge in [-0.25, -0.2) is 4.79 Å². The minimum Gasteiger partial charge on any atom is -0.466 e. The zero-order valence-electron chi connectivity index (χ0n) is 15.8. The summed E-state index contributed by atoms with van der Waals surface area (Å²) in [5, 5.41) is 3.46. The number of halogens is 1. The minimum absolute atomic E-state index is 0.0798. The molecule has 0 saturated carbocycles. The molecular formula is C19H27BrN2O4. The van der Waals surface area contributed by atoms with Crippen LogP contribution in [0.5, 0.6) is 0 Å². The van der Waals surface area contributed by atoms with E-state index in [1.54, 1.807) is 11.8 Å². The van der Waals surface area contributed by atoms with Gasteiger partial charge in [-0.1, -0.05) is 28.1 Å². The standard InChI is InChI=1S/C19H27BrN2O4/c1-5-25-17(23)10-15-11-22(18(24)26-19(2,3)4)12-16(21-15)13-6-8-14(20)9-7-13/h6-9,15-16,21H,5,10-12H2,1-4H3/t15-,16+/m1/s1. The first-order valence-electron chi connectivity index (χ1n) is 8.83. The van der Waals surface area contributed by atoms with Crippen molar-refractivity contribution in [1.82, 2.24) is 10.2 Å². The molecule has 1 aliphatic heterocycles. The zero-order chi connectivity index (χ0) is 19.3. The van der Waals surface area contributed by atoms with E-state index in [1.807, 2.05) is 45.0 Å². The Hall–Kier alpha value is -1.60. The van der Waals surface area contributed by atoms with Gasteiger partial charge in [0.1, 0.15) is 5.60 Å². The van der Waals surface area contributed by atoms with Crippen LogP contribution in [-0.2, 0) is 14.3 Å². The van der Waals surface area contributed by atoms with Crippen LogP contribution in [0.15, 0.2) is 28.7 Å². The van der Waals surface area contributed by atoms with E-state index in [1.165, 1.54) is 0 Å². The Labute approximate surface area is 163 Å². The molecule has 1 fully saturated rings. The van der Waals surface area contributed by atoms with Crippen LogP contribution in [0.3, 0.4) is 0 Å². The van der Waals surface area contributed by atoms with E-state index in [9.17, 15) is 9.59 Å². The van der Waals surface area contributed by atoms with Gasteiger partial charge in [-0.15, -0.1) is 0 Å². The highest BCUT2D eigenvalue weighted by Gasteiger charge is 2.33. The summed E-state index contributed by atoms with van der Waals surface area (Å²) in [6, 6.07) is 7.66. The number of ether oxygens (including phenoxy) is 2. The molecule has 0 bridgehead atoms. The van der Waals surface area contributed by atoms with Gasteiger partial charge < -0.3 is 19.7 Å². The second-order valence-corrected chi connectivity index (χ2v) is 8.28. The summed E-state index contributed by atoms with van der Waals surface area (Å²) >= 11 is 3.43. The summed E-state index contributed by atoms with van der Waals surface area (Å²) in [6.07, 6.45) is -0.157. The van der Waals surface area contributed by atoms with Crippen molar-refractivity contribution in [2.45, 2.75) is 51.8 Å². The van der Waals surface area contributed by atoms with Crippen molar-refractivity contribution < 1.29 is 19.1 Å². The number of hydrogen-bond donors (Lipinski definition) is 1. The molecule has 144 valence electrons. The third kappa shape index (κ3) is 6.29. The summed E-state index contributed by atoms with van der Waals surface area (Å²) in [7, 11) is 0. The molecule has 0 aromatic heterocycles. The van der Waals surface area contributed by atoms with Crippen molar-refractivity contribution >= 4 is 28.0 Å². The average Bonchev–Trinajstić information content (AvgIpc) is 2.53. The molecule has 1 aromatic carbocycles. The molecule has 0 unspecified atom stereocenters. The first-order chi connectivity index (χ1) is 12.2. The predicted octanol–water partition coefficient (Wildman–Crippen LogP) is 3.65. The number of hydrogen-bond acceptors (Lipinski definition) is 5. The smallest absolute Gasteiger partial charge is 0.410 e. The minimum atomic E-state index is -0.564. The maximum atomic E-state index is 12.6. The lowest BCUT2D eigenvalue weighted by Crippen LogP contribution is -2.55. The van der Waals surface area contributed by atoms with Crippen LogP contribution in [0.1, 0.15) is 45.7 Å². The number of esters is 1. The quantitative estimate of drug-likeness (QED) is 0.743. The maximum absolute atomic E-state index is 12.6. The monoisotopic (exact) mass is 426 g/mol. The summed E-state index contributed by atoms with van der Waals surface area (Å²) < 4.78 is 11.6. The van der Waals surface area contributed by atoms with Gasteiger partial charge in [0.05, 0.1) is 19.1 Å². The van der Waals surface area contributed by atoms with E-state index in [-0.39, 0.29) is 30.6 Å². The van der Waals surface area contributed by atoms with Crippen LogP contribution in [0, 0.1) is 0 Å². The largest absolute Gasteiger partial charge is 0.466 e. The fraction of sp³-hybridized carbons (Fsp3) is 0.579. The molecule has 1 heterocycles. The highest BCUT2D eigenvalue weighted by atomic mass is 79.9. The van der Waals surface area contributed by atoms with E-state index in [4.69, 9.17) is 9.47 Å². The molecule has 0 spiro atoms. The van der Waals surface area contributed by atoms with E-state index in [0.29, 0.717) is 19.7 Å². The number of piperazine rings is 1. The highest BCUT2D eigenvalue weighted by molar-refractivity contribution is 9.10. The predicted molar refractivity (Wildman–Crippen MR) is 103 cm³/mol. The number of amides is 1. The van der Waals surface area contributed by atoms with Crippen molar-refractivity contribution in [3.63, 3.8) is 0 Å². The highest BCUT2D eigenvalue weighted by Crippen LogP contribution is 2.24. The Balaban J connectivity index is 2.15. The molecular weight excluding hydrogens is 400 g/mol. The van der Waals surface area contributed by atoms with Gasteiger partial charge in [-0.2, -0.15) is 0 Å². The van der Waals surface area contributed by atoms with Crippen LogP contribution in [0.4, 0.5) is 4.79 Å². The van der Waals surface area contributed by atoms with Crippen LogP contribution in [-0.4, -0.2) is 48.3 Å². The van der Waals surface area contributed by atoms with Gasteiger partial charge in [0.15, 0.2) is 0 Å². The van der Waals surface area contributed by atoms with Crippen molar-refractivity contribution in [2.24, 2.45) is 0 Å². The molecule has 1 saturated heterocycles. The van der Waals surface area contributed by atoms with Gasteiger partial charge in [-0.05, 0) is 45.4 Å². The Morgan fingerprint density at radius 2 is 1.88 bits per heavy atom. The van der Waals surface area contributed by atoms with Crippen molar-refractivity contribution in [2.75, 3.05) is 19.7 Å². The van der Waals surface area contributed by atoms with Gasteiger partial charge >= 0.3 is 12.1 Å². The first-order valence-corrected chi connectivity index (χ1v) is 9.62. The Bertz CT molecular complexity index is 627. The number of carbonyl (C=O) groups is 2. The number of carbonyl (C=O) groups excluding carboxylic acids is 2. The summed E-state index contributed by atoms with van der Waals surface area (Å²) in [5.41, 5.74) is 0.487. The molecule has 2 atom stereocenters. The molecule has 1 aromatic rings. The van der Waals surface area contributed by atoms with Gasteiger partial charge in [0, 0.05) is 23.6 Å². The summed E-state index contributed by atoms with van der Waals surface area (Å²) in [6.45, 7) is 8.54. The lowest BCUT2D eigenvalue weighted by Gasteiger charge is -2.39. The zero-order valence-corrected chi connectivity index (χ0v) is 17.3. The normalized spacial score (nSPS) is 20.6. The van der Waals surface area contributed by atoms with E-state index >= 15 is 0 Å². The molecule has 0 radical (unpaired) electrons. The number of nitrogens with zero attached hydrogens (tertiary/aromatic N) is 1. The first kappa shape index (κ1) is 20.7. The van der Waals surface area contributed by atoms with E-state index < -0.39 is 5.60 Å². The third-order valence-electron chi connectivity index (χ3n) is 3.92. The average molecular weight is 427 g/mol. The summed E-state index contributed by atoms with van der Waals surface area (Å²) in [4.78, 5) is 26.1. The molecule has 0 aliphatic carbocycles. The maximum Gasteiger partial charge on any atom is 0.410 e. The van der Waals surface area contributed by atoms with Crippen molar-refractivity contribution in [3.05, 3.63) is 34.3 Å². The SMILES string of the molecule is CCOC(=O)C[C@@H]1CN(C(=O)OC(C)(C)C)C[C@@H](c2ccc(Br)cc2)N1. The molecule has 1 N–H and O–H groups in total. The second-order valence-electron chi connectivity index (χ2n) is 7.36. The van der Waals surface area contributed by atoms with Gasteiger partial charge in [0.2, 0.25) is 0 Å². The van der Waals surface area contributed by atoms with Gasteiger partial charge in [-0.3, -0.25) is 4.79 Å². The third-order valence-corrected chi connectivity index (χ3v) is 4.45. The van der Waals surface area contributed by atoms with Crippen LogP contribution in [0.25, 0.3) is 0 Å². The van der Waals surface area contributed by atoms with Crippen molar-refractivity contribution in [3.8, 4) is 0 Å². The van der Waals surface area contributed by atoms with Crippen molar-refractivity contribution in [1.29, 1.82) is 0 Å². The molecule has 2 rings (SSSR count). The lowest BCUT2D eigenvalue weighted by atomic mass is 10.0. The Morgan fingerprint density at radius 1 is 1.23 bits per heavy atom. The molecule has 1 aliphatic rings. The van der Waals surface area contributed by atoms with E-state index in [0.717, 1.165) is 10.0 Å². The van der Waals surface area contributed by atoms with Gasteiger partial charge in [0.25, 0.3) is 0 Å². The second kappa shape index (κ2) is 8.86. The Morgan fingerprint density at radius 3 is 2.46 bits per heavy atom. The number of rotatable bonds is 4. The summed E-state index contributed by atoms with van der Waals surface area (Å²) in [5.74, 6) is -0.273. The number of nitrogens with one attached hydrogen (secondary N) is 1. The fourth-order valence-electron chi connectivity index (χ4n) is 2.87. The molecule has 26 heavy (non-hydrogen) atoms. The Kier molecular flexibility index (Phi) is 7.06. The van der Waals surface area contributed by atoms with Crippen LogP contribution in [0.2, 0.25) is 0 Å². The van der Waals surface area contributed by atoms with E-state index in [2.05, 4.69) is 21.2 Å². The van der Waals surface area contributed by atoms with Crippen LogP contribution < -0.4 is 5.32 Å².